The van der Waals surface area contributed by atoms with E-state index in [1.807, 2.05) is 0 Å². The van der Waals surface area contributed by atoms with Crippen molar-refractivity contribution >= 4 is 33.2 Å². The molecule has 0 radical (unpaired) electrons. The number of aromatic nitrogens is 3. The van der Waals surface area contributed by atoms with E-state index in [0.29, 0.717) is 10.1 Å². The molecule has 0 N–H and O–H groups in total. The molecule has 3 rings (SSSR count). The van der Waals surface area contributed by atoms with Gasteiger partial charge >= 0.3 is 6.18 Å². The Morgan fingerprint density at radius 1 is 1.14 bits per heavy atom. The molecule has 21 heavy (non-hydrogen) atoms. The Morgan fingerprint density at radius 2 is 1.81 bits per heavy atom. The van der Waals surface area contributed by atoms with Crippen LogP contribution >= 0.6 is 27.5 Å². The largest absolute Gasteiger partial charge is 0.433 e. The number of benzene rings is 1. The van der Waals surface area contributed by atoms with Crippen LogP contribution in [0.15, 0.2) is 41.0 Å². The zero-order valence-electron chi connectivity index (χ0n) is 10.2. The second-order valence-electron chi connectivity index (χ2n) is 4.26. The first kappa shape index (κ1) is 14.3. The predicted molar refractivity (Wildman–Crippen MR) is 76.1 cm³/mol. The Morgan fingerprint density at radius 3 is 2.43 bits per heavy atom. The van der Waals surface area contributed by atoms with E-state index in [1.54, 1.807) is 24.3 Å². The summed E-state index contributed by atoms with van der Waals surface area (Å²) in [6.45, 7) is 0. The standard InChI is InChI=1S/C13H6BrClF3N3/c14-8-3-1-7(2-4-8)10-5-11(13(16,17)18)21-12(20-10)9(15)6-19-21/h1-6H. The number of fused-ring (bicyclic) bond motifs is 1. The monoisotopic (exact) mass is 375 g/mol. The highest BCUT2D eigenvalue weighted by molar-refractivity contribution is 9.10. The van der Waals surface area contributed by atoms with Gasteiger partial charge in [-0.25, -0.2) is 9.50 Å². The van der Waals surface area contributed by atoms with Crippen molar-refractivity contribution in [3.8, 4) is 11.3 Å². The summed E-state index contributed by atoms with van der Waals surface area (Å²) in [7, 11) is 0. The summed E-state index contributed by atoms with van der Waals surface area (Å²) in [5.74, 6) is 0. The Hall–Kier alpha value is -1.60. The van der Waals surface area contributed by atoms with Crippen LogP contribution in [-0.2, 0) is 6.18 Å². The summed E-state index contributed by atoms with van der Waals surface area (Å²) in [6.07, 6.45) is -3.41. The molecule has 2 aromatic heterocycles. The van der Waals surface area contributed by atoms with Crippen LogP contribution in [-0.4, -0.2) is 14.6 Å². The molecule has 1 aromatic carbocycles. The first-order valence-electron chi connectivity index (χ1n) is 5.73. The van der Waals surface area contributed by atoms with E-state index in [-0.39, 0.29) is 16.4 Å². The average molecular weight is 377 g/mol. The second kappa shape index (κ2) is 4.99. The molecule has 108 valence electrons. The van der Waals surface area contributed by atoms with Crippen LogP contribution in [0.1, 0.15) is 5.69 Å². The molecule has 2 heterocycles. The molecule has 3 aromatic rings. The van der Waals surface area contributed by atoms with Crippen LogP contribution in [0, 0.1) is 0 Å². The molecule has 0 aliphatic heterocycles. The van der Waals surface area contributed by atoms with Crippen molar-refractivity contribution in [1.29, 1.82) is 0 Å². The number of halogens is 5. The first-order valence-corrected chi connectivity index (χ1v) is 6.91. The summed E-state index contributed by atoms with van der Waals surface area (Å²) in [5.41, 5.74) is -0.199. The summed E-state index contributed by atoms with van der Waals surface area (Å²) in [4.78, 5) is 4.16. The van der Waals surface area contributed by atoms with Gasteiger partial charge in [-0.05, 0) is 18.2 Å². The van der Waals surface area contributed by atoms with Gasteiger partial charge in [0.1, 0.15) is 5.02 Å². The zero-order chi connectivity index (χ0) is 15.2. The van der Waals surface area contributed by atoms with Crippen molar-refractivity contribution in [3.63, 3.8) is 0 Å². The van der Waals surface area contributed by atoms with E-state index in [9.17, 15) is 13.2 Å². The second-order valence-corrected chi connectivity index (χ2v) is 5.58. The van der Waals surface area contributed by atoms with Gasteiger partial charge in [0.05, 0.1) is 11.9 Å². The number of alkyl halides is 3. The normalized spacial score (nSPS) is 12.0. The predicted octanol–water partition coefficient (Wildman–Crippen LogP) is 4.83. The van der Waals surface area contributed by atoms with Crippen molar-refractivity contribution in [1.82, 2.24) is 14.6 Å². The van der Waals surface area contributed by atoms with Crippen LogP contribution in [0.25, 0.3) is 16.9 Å². The minimum absolute atomic E-state index is 0.0237. The minimum atomic E-state index is -4.55. The lowest BCUT2D eigenvalue weighted by molar-refractivity contribution is -0.142. The zero-order valence-corrected chi connectivity index (χ0v) is 12.5. The van der Waals surface area contributed by atoms with E-state index < -0.39 is 11.9 Å². The van der Waals surface area contributed by atoms with Crippen LogP contribution in [0.2, 0.25) is 5.02 Å². The van der Waals surface area contributed by atoms with Crippen LogP contribution < -0.4 is 0 Å². The third kappa shape index (κ3) is 2.63. The van der Waals surface area contributed by atoms with E-state index in [1.165, 1.54) is 0 Å². The van der Waals surface area contributed by atoms with Crippen molar-refractivity contribution in [2.24, 2.45) is 0 Å². The van der Waals surface area contributed by atoms with E-state index in [4.69, 9.17) is 11.6 Å². The van der Waals surface area contributed by atoms with Gasteiger partial charge in [0.2, 0.25) is 0 Å². The van der Waals surface area contributed by atoms with Gasteiger partial charge in [0.15, 0.2) is 11.3 Å². The van der Waals surface area contributed by atoms with E-state index in [2.05, 4.69) is 26.0 Å². The van der Waals surface area contributed by atoms with Gasteiger partial charge < -0.3 is 0 Å². The number of nitrogens with zero attached hydrogens (tertiary/aromatic N) is 3. The molecule has 8 heteroatoms. The lowest BCUT2D eigenvalue weighted by Gasteiger charge is -2.11. The molecule has 0 aliphatic rings. The van der Waals surface area contributed by atoms with Crippen LogP contribution in [0.4, 0.5) is 13.2 Å². The fourth-order valence-corrected chi connectivity index (χ4v) is 2.34. The molecule has 0 amide bonds. The summed E-state index contributed by atoms with van der Waals surface area (Å²) < 4.78 is 41.0. The van der Waals surface area contributed by atoms with Gasteiger partial charge in [-0.15, -0.1) is 0 Å². The van der Waals surface area contributed by atoms with Crippen LogP contribution in [0.5, 0.6) is 0 Å². The Bertz CT molecular complexity index is 812. The maximum Gasteiger partial charge on any atom is 0.433 e. The maximum atomic E-state index is 13.1. The fraction of sp³-hybridized carbons (Fsp3) is 0.0769. The molecule has 0 saturated carbocycles. The SMILES string of the molecule is FC(F)(F)c1cc(-c2ccc(Br)cc2)nc2c(Cl)cnn12. The van der Waals surface area contributed by atoms with Crippen LogP contribution in [0.3, 0.4) is 0 Å². The van der Waals surface area contributed by atoms with E-state index >= 15 is 0 Å². The van der Waals surface area contributed by atoms with Gasteiger partial charge in [-0.2, -0.15) is 18.3 Å². The highest BCUT2D eigenvalue weighted by Gasteiger charge is 2.35. The molecular weight excluding hydrogens is 371 g/mol. The van der Waals surface area contributed by atoms with Crippen molar-refractivity contribution in [2.45, 2.75) is 6.18 Å². The van der Waals surface area contributed by atoms with Gasteiger partial charge in [0, 0.05) is 10.0 Å². The molecule has 3 nitrogen and oxygen atoms in total. The molecule has 0 fully saturated rings. The highest BCUT2D eigenvalue weighted by atomic mass is 79.9. The summed E-state index contributed by atoms with van der Waals surface area (Å²) in [5, 5.41) is 3.70. The smallest absolute Gasteiger partial charge is 0.227 e. The Balaban J connectivity index is 2.29. The van der Waals surface area contributed by atoms with Gasteiger partial charge in [-0.3, -0.25) is 0 Å². The molecule has 0 bridgehead atoms. The molecule has 0 atom stereocenters. The third-order valence-corrected chi connectivity index (χ3v) is 3.65. The number of hydrogen-bond donors (Lipinski definition) is 0. The minimum Gasteiger partial charge on any atom is -0.227 e. The van der Waals surface area contributed by atoms with E-state index in [0.717, 1.165) is 16.7 Å². The third-order valence-electron chi connectivity index (χ3n) is 2.86. The molecule has 0 unspecified atom stereocenters. The van der Waals surface area contributed by atoms with Gasteiger partial charge in [0.25, 0.3) is 0 Å². The Labute approximate surface area is 130 Å². The first-order chi connectivity index (χ1) is 9.86. The van der Waals surface area contributed by atoms with Crippen molar-refractivity contribution in [3.05, 3.63) is 51.7 Å². The van der Waals surface area contributed by atoms with Crippen molar-refractivity contribution in [2.75, 3.05) is 0 Å². The molecule has 0 spiro atoms. The topological polar surface area (TPSA) is 30.2 Å². The molecular formula is C13H6BrClF3N3. The highest BCUT2D eigenvalue weighted by Crippen LogP contribution is 2.33. The van der Waals surface area contributed by atoms with Gasteiger partial charge in [-0.1, -0.05) is 39.7 Å². The lowest BCUT2D eigenvalue weighted by atomic mass is 10.1. The summed E-state index contributed by atoms with van der Waals surface area (Å²) >= 11 is 9.13. The lowest BCUT2D eigenvalue weighted by Crippen LogP contribution is -2.13. The Kier molecular flexibility index (Phi) is 3.41. The average Bonchev–Trinajstić information content (AvgIpc) is 2.79. The quantitative estimate of drug-likeness (QED) is 0.609. The maximum absolute atomic E-state index is 13.1. The summed E-state index contributed by atoms with van der Waals surface area (Å²) in [6, 6.07) is 7.76. The van der Waals surface area contributed by atoms with Crippen molar-refractivity contribution < 1.29 is 13.2 Å². The number of hydrogen-bond acceptors (Lipinski definition) is 2. The fourth-order valence-electron chi connectivity index (χ4n) is 1.91. The molecule has 0 aliphatic carbocycles. The molecule has 0 saturated heterocycles. The number of rotatable bonds is 1.